The third kappa shape index (κ3) is 2.49. The predicted octanol–water partition coefficient (Wildman–Crippen LogP) is 1.92. The van der Waals surface area contributed by atoms with Gasteiger partial charge in [-0.1, -0.05) is 0 Å². The van der Waals surface area contributed by atoms with E-state index in [0.29, 0.717) is 12.1 Å². The monoisotopic (exact) mass is 231 g/mol. The van der Waals surface area contributed by atoms with Crippen molar-refractivity contribution in [3.8, 4) is 0 Å². The van der Waals surface area contributed by atoms with E-state index in [9.17, 15) is 13.2 Å². The lowest BCUT2D eigenvalue weighted by Gasteiger charge is -2.21. The minimum absolute atomic E-state index is 0.135. The average Bonchev–Trinajstić information content (AvgIpc) is 2.15. The van der Waals surface area contributed by atoms with Gasteiger partial charge in [0.05, 0.1) is 0 Å². The maximum atomic E-state index is 12.1. The molecule has 0 radical (unpaired) electrons. The Hall–Kier alpha value is -1.17. The molecule has 6 heteroatoms. The zero-order chi connectivity index (χ0) is 11.8. The van der Waals surface area contributed by atoms with Gasteiger partial charge in [0.1, 0.15) is 12.2 Å². The topological polar surface area (TPSA) is 51.8 Å². The third-order valence-corrected chi connectivity index (χ3v) is 2.64. The number of hydrogen-bond donors (Lipinski definition) is 1. The second-order valence-corrected chi connectivity index (χ2v) is 3.98. The summed E-state index contributed by atoms with van der Waals surface area (Å²) in [6, 6.07) is -0.135. The number of nitrogens with two attached hydrogens (primary N) is 1. The van der Waals surface area contributed by atoms with Crippen LogP contribution in [0.4, 0.5) is 13.2 Å². The van der Waals surface area contributed by atoms with Gasteiger partial charge in [0.2, 0.25) is 0 Å². The summed E-state index contributed by atoms with van der Waals surface area (Å²) in [4.78, 5) is 7.65. The van der Waals surface area contributed by atoms with Gasteiger partial charge in [-0.15, -0.1) is 0 Å². The standard InChI is InChI=1S/C10H12F3N3/c11-10(12,13)4-9-15-5-6-7(14)2-1-3-8(6)16-9/h5,7H,1-4,14H2. The number of aromatic nitrogens is 2. The molecule has 1 aliphatic carbocycles. The van der Waals surface area contributed by atoms with E-state index in [-0.39, 0.29) is 11.9 Å². The molecule has 2 rings (SSSR count). The first-order valence-corrected chi connectivity index (χ1v) is 5.13. The van der Waals surface area contributed by atoms with E-state index < -0.39 is 12.6 Å². The molecular weight excluding hydrogens is 219 g/mol. The molecule has 88 valence electrons. The first kappa shape index (κ1) is 11.3. The largest absolute Gasteiger partial charge is 0.396 e. The molecule has 16 heavy (non-hydrogen) atoms. The highest BCUT2D eigenvalue weighted by Crippen LogP contribution is 2.27. The van der Waals surface area contributed by atoms with Gasteiger partial charge >= 0.3 is 6.18 Å². The maximum absolute atomic E-state index is 12.1. The molecule has 0 aromatic carbocycles. The minimum atomic E-state index is -4.26. The first-order valence-electron chi connectivity index (χ1n) is 5.13. The molecule has 1 heterocycles. The van der Waals surface area contributed by atoms with E-state index in [4.69, 9.17) is 5.73 Å². The summed E-state index contributed by atoms with van der Waals surface area (Å²) in [5.41, 5.74) is 7.28. The Bertz CT molecular complexity index is 389. The number of aryl methyl sites for hydroxylation is 1. The summed E-state index contributed by atoms with van der Waals surface area (Å²) in [5, 5.41) is 0. The van der Waals surface area contributed by atoms with E-state index >= 15 is 0 Å². The molecule has 2 N–H and O–H groups in total. The van der Waals surface area contributed by atoms with Crippen LogP contribution >= 0.6 is 0 Å². The van der Waals surface area contributed by atoms with Gasteiger partial charge in [0.15, 0.2) is 0 Å². The fourth-order valence-corrected chi connectivity index (χ4v) is 1.89. The lowest BCUT2D eigenvalue weighted by atomic mass is 9.93. The molecule has 1 aliphatic rings. The normalized spacial score (nSPS) is 20.6. The Morgan fingerprint density at radius 2 is 2.19 bits per heavy atom. The minimum Gasteiger partial charge on any atom is -0.324 e. The number of halogens is 3. The van der Waals surface area contributed by atoms with E-state index in [1.54, 1.807) is 0 Å². The van der Waals surface area contributed by atoms with Crippen molar-refractivity contribution < 1.29 is 13.2 Å². The fraction of sp³-hybridized carbons (Fsp3) is 0.600. The van der Waals surface area contributed by atoms with Gasteiger partial charge in [-0.3, -0.25) is 0 Å². The van der Waals surface area contributed by atoms with Crippen LogP contribution in [0.1, 0.15) is 36.0 Å². The van der Waals surface area contributed by atoms with Crippen LogP contribution in [0.15, 0.2) is 6.20 Å². The van der Waals surface area contributed by atoms with Gasteiger partial charge in [0, 0.05) is 23.5 Å². The highest BCUT2D eigenvalue weighted by Gasteiger charge is 2.30. The first-order chi connectivity index (χ1) is 7.46. The van der Waals surface area contributed by atoms with E-state index in [2.05, 4.69) is 9.97 Å². The fourth-order valence-electron chi connectivity index (χ4n) is 1.89. The van der Waals surface area contributed by atoms with Gasteiger partial charge in [0.25, 0.3) is 0 Å². The molecule has 0 saturated heterocycles. The van der Waals surface area contributed by atoms with Crippen LogP contribution in [0.3, 0.4) is 0 Å². The molecular formula is C10H12F3N3. The zero-order valence-electron chi connectivity index (χ0n) is 8.59. The summed E-state index contributed by atoms with van der Waals surface area (Å²) < 4.78 is 36.4. The number of alkyl halides is 3. The van der Waals surface area contributed by atoms with Gasteiger partial charge in [-0.2, -0.15) is 13.2 Å². The predicted molar refractivity (Wildman–Crippen MR) is 51.7 cm³/mol. The van der Waals surface area contributed by atoms with Crippen molar-refractivity contribution in [2.75, 3.05) is 0 Å². The number of fused-ring (bicyclic) bond motifs is 1. The van der Waals surface area contributed by atoms with Crippen LogP contribution in [-0.2, 0) is 12.8 Å². The molecule has 0 saturated carbocycles. The molecule has 0 amide bonds. The van der Waals surface area contributed by atoms with Crippen LogP contribution < -0.4 is 5.73 Å². The van der Waals surface area contributed by atoms with Crippen molar-refractivity contribution in [1.82, 2.24) is 9.97 Å². The van der Waals surface area contributed by atoms with Crippen molar-refractivity contribution in [3.05, 3.63) is 23.3 Å². The third-order valence-electron chi connectivity index (χ3n) is 2.64. The summed E-state index contributed by atoms with van der Waals surface area (Å²) >= 11 is 0. The van der Waals surface area contributed by atoms with Gasteiger partial charge in [-0.25, -0.2) is 9.97 Å². The van der Waals surface area contributed by atoms with Crippen LogP contribution in [-0.4, -0.2) is 16.1 Å². The highest BCUT2D eigenvalue weighted by atomic mass is 19.4. The summed E-state index contributed by atoms with van der Waals surface area (Å²) in [7, 11) is 0. The number of rotatable bonds is 1. The quantitative estimate of drug-likeness (QED) is 0.803. The number of hydrogen-bond acceptors (Lipinski definition) is 3. The second-order valence-electron chi connectivity index (χ2n) is 3.98. The smallest absolute Gasteiger partial charge is 0.324 e. The van der Waals surface area contributed by atoms with Gasteiger partial charge in [-0.05, 0) is 19.3 Å². The van der Waals surface area contributed by atoms with Crippen molar-refractivity contribution in [2.45, 2.75) is 37.9 Å². The van der Waals surface area contributed by atoms with Crippen molar-refractivity contribution >= 4 is 0 Å². The maximum Gasteiger partial charge on any atom is 0.396 e. The Morgan fingerprint density at radius 3 is 2.88 bits per heavy atom. The summed E-state index contributed by atoms with van der Waals surface area (Å²) in [5.74, 6) is -0.166. The Kier molecular flexibility index (Phi) is 2.84. The lowest BCUT2D eigenvalue weighted by molar-refractivity contribution is -0.128. The zero-order valence-corrected chi connectivity index (χ0v) is 8.59. The van der Waals surface area contributed by atoms with E-state index in [1.165, 1.54) is 6.20 Å². The van der Waals surface area contributed by atoms with E-state index in [1.807, 2.05) is 0 Å². The van der Waals surface area contributed by atoms with Crippen LogP contribution in [0, 0.1) is 0 Å². The molecule has 0 spiro atoms. The molecule has 0 aliphatic heterocycles. The Labute approximate surface area is 90.9 Å². The van der Waals surface area contributed by atoms with E-state index in [0.717, 1.165) is 18.4 Å². The van der Waals surface area contributed by atoms with Crippen LogP contribution in [0.2, 0.25) is 0 Å². The van der Waals surface area contributed by atoms with Gasteiger partial charge < -0.3 is 5.73 Å². The highest BCUT2D eigenvalue weighted by molar-refractivity contribution is 5.24. The van der Waals surface area contributed by atoms with Crippen molar-refractivity contribution in [3.63, 3.8) is 0 Å². The molecule has 0 fully saturated rings. The lowest BCUT2D eigenvalue weighted by Crippen LogP contribution is -2.21. The average molecular weight is 231 g/mol. The number of nitrogens with zero attached hydrogens (tertiary/aromatic N) is 2. The molecule has 1 aromatic rings. The summed E-state index contributed by atoms with van der Waals surface area (Å²) in [6.45, 7) is 0. The summed E-state index contributed by atoms with van der Waals surface area (Å²) in [6.07, 6.45) is -1.49. The van der Waals surface area contributed by atoms with Crippen molar-refractivity contribution in [1.29, 1.82) is 0 Å². The van der Waals surface area contributed by atoms with Crippen molar-refractivity contribution in [2.24, 2.45) is 5.73 Å². The Balaban J connectivity index is 2.25. The molecule has 1 aromatic heterocycles. The molecule has 3 nitrogen and oxygen atoms in total. The van der Waals surface area contributed by atoms with Crippen LogP contribution in [0.25, 0.3) is 0 Å². The second kappa shape index (κ2) is 4.01. The molecule has 1 unspecified atom stereocenters. The van der Waals surface area contributed by atoms with Crippen LogP contribution in [0.5, 0.6) is 0 Å². The molecule has 0 bridgehead atoms. The Morgan fingerprint density at radius 1 is 1.44 bits per heavy atom. The molecule has 1 atom stereocenters. The SMILES string of the molecule is NC1CCCc2nc(CC(F)(F)F)ncc21.